The van der Waals surface area contributed by atoms with Crippen LogP contribution in [0.15, 0.2) is 48.8 Å². The lowest BCUT2D eigenvalue weighted by Crippen LogP contribution is -2.42. The Morgan fingerprint density at radius 2 is 2.00 bits per heavy atom. The normalized spacial score (nSPS) is 18.0. The number of hydrogen-bond donors (Lipinski definition) is 0. The number of benzene rings is 1. The zero-order chi connectivity index (χ0) is 15.4. The van der Waals surface area contributed by atoms with Gasteiger partial charge in [-0.1, -0.05) is 6.07 Å². The zero-order valence-electron chi connectivity index (χ0n) is 12.7. The van der Waals surface area contributed by atoms with Gasteiger partial charge in [-0.3, -0.25) is 9.78 Å². The summed E-state index contributed by atoms with van der Waals surface area (Å²) in [6.07, 6.45) is 6.73. The van der Waals surface area contributed by atoms with E-state index in [1.54, 1.807) is 24.5 Å². The molecule has 4 heteroatoms. The lowest BCUT2D eigenvalue weighted by Gasteiger charge is -2.33. The largest absolute Gasteiger partial charge is 0.457 e. The van der Waals surface area contributed by atoms with E-state index in [-0.39, 0.29) is 5.91 Å². The van der Waals surface area contributed by atoms with Crippen molar-refractivity contribution in [1.29, 1.82) is 0 Å². The van der Waals surface area contributed by atoms with Crippen LogP contribution in [0, 0.1) is 0 Å². The van der Waals surface area contributed by atoms with Gasteiger partial charge in [-0.25, -0.2) is 0 Å². The molecule has 0 radical (unpaired) electrons. The van der Waals surface area contributed by atoms with Crippen LogP contribution in [0.2, 0.25) is 0 Å². The molecule has 0 bridgehead atoms. The van der Waals surface area contributed by atoms with Crippen molar-refractivity contribution in [1.82, 2.24) is 9.88 Å². The minimum atomic E-state index is 0.0902. The highest BCUT2D eigenvalue weighted by molar-refractivity contribution is 5.94. The van der Waals surface area contributed by atoms with Crippen molar-refractivity contribution in [3.05, 3.63) is 54.4 Å². The molecule has 114 valence electrons. The van der Waals surface area contributed by atoms with E-state index in [9.17, 15) is 4.79 Å². The average Bonchev–Trinajstić information content (AvgIpc) is 2.56. The lowest BCUT2D eigenvalue weighted by atomic mass is 10.0. The van der Waals surface area contributed by atoms with E-state index in [4.69, 9.17) is 4.74 Å². The maximum absolute atomic E-state index is 12.7. The first-order valence-corrected chi connectivity index (χ1v) is 7.73. The Hall–Kier alpha value is -2.36. The van der Waals surface area contributed by atoms with Crippen molar-refractivity contribution in [2.24, 2.45) is 0 Å². The van der Waals surface area contributed by atoms with Gasteiger partial charge in [0, 0.05) is 30.5 Å². The van der Waals surface area contributed by atoms with Crippen LogP contribution in [0.25, 0.3) is 0 Å². The molecule has 0 unspecified atom stereocenters. The van der Waals surface area contributed by atoms with Crippen molar-refractivity contribution in [3.8, 4) is 11.5 Å². The van der Waals surface area contributed by atoms with Gasteiger partial charge < -0.3 is 9.64 Å². The summed E-state index contributed by atoms with van der Waals surface area (Å²) in [6.45, 7) is 2.96. The van der Waals surface area contributed by atoms with Crippen LogP contribution in [0.5, 0.6) is 11.5 Å². The molecule has 1 aliphatic rings. The van der Waals surface area contributed by atoms with Crippen LogP contribution < -0.4 is 4.74 Å². The second kappa shape index (κ2) is 6.60. The predicted octanol–water partition coefficient (Wildman–Crippen LogP) is 3.89. The van der Waals surface area contributed by atoms with Crippen LogP contribution in [-0.2, 0) is 0 Å². The molecule has 1 atom stereocenters. The summed E-state index contributed by atoms with van der Waals surface area (Å²) in [7, 11) is 0. The Morgan fingerprint density at radius 1 is 1.18 bits per heavy atom. The van der Waals surface area contributed by atoms with E-state index < -0.39 is 0 Å². The Bertz CT molecular complexity index is 643. The molecule has 0 saturated carbocycles. The number of nitrogens with zero attached hydrogens (tertiary/aromatic N) is 2. The summed E-state index contributed by atoms with van der Waals surface area (Å²) in [4.78, 5) is 18.6. The Labute approximate surface area is 130 Å². The van der Waals surface area contributed by atoms with Gasteiger partial charge in [0.1, 0.15) is 11.5 Å². The van der Waals surface area contributed by atoms with Gasteiger partial charge >= 0.3 is 0 Å². The minimum Gasteiger partial charge on any atom is -0.457 e. The van der Waals surface area contributed by atoms with Gasteiger partial charge in [-0.2, -0.15) is 0 Å². The van der Waals surface area contributed by atoms with Gasteiger partial charge in [0.05, 0.1) is 0 Å². The van der Waals surface area contributed by atoms with Gasteiger partial charge in [-0.15, -0.1) is 0 Å². The molecule has 0 aliphatic carbocycles. The Morgan fingerprint density at radius 3 is 2.77 bits per heavy atom. The van der Waals surface area contributed by atoms with Crippen molar-refractivity contribution in [2.75, 3.05) is 6.54 Å². The second-order valence-electron chi connectivity index (χ2n) is 5.66. The first-order chi connectivity index (χ1) is 10.7. The quantitative estimate of drug-likeness (QED) is 0.863. The molecule has 1 aliphatic heterocycles. The number of rotatable bonds is 3. The Kier molecular flexibility index (Phi) is 4.37. The van der Waals surface area contributed by atoms with E-state index in [1.165, 1.54) is 6.42 Å². The molecule has 2 heterocycles. The fraction of sp³-hybridized carbons (Fsp3) is 0.333. The molecule has 4 nitrogen and oxygen atoms in total. The molecule has 1 saturated heterocycles. The number of ether oxygens (including phenoxy) is 1. The highest BCUT2D eigenvalue weighted by Crippen LogP contribution is 2.24. The topological polar surface area (TPSA) is 42.4 Å². The number of carbonyl (C=O) groups is 1. The summed E-state index contributed by atoms with van der Waals surface area (Å²) in [5.41, 5.74) is 0.681. The van der Waals surface area contributed by atoms with Crippen LogP contribution in [0.4, 0.5) is 0 Å². The molecule has 22 heavy (non-hydrogen) atoms. The molecule has 1 fully saturated rings. The summed E-state index contributed by atoms with van der Waals surface area (Å²) >= 11 is 0. The number of amides is 1. The maximum atomic E-state index is 12.7. The van der Waals surface area contributed by atoms with E-state index in [0.29, 0.717) is 23.1 Å². The van der Waals surface area contributed by atoms with Crippen molar-refractivity contribution < 1.29 is 9.53 Å². The molecule has 1 aromatic carbocycles. The summed E-state index contributed by atoms with van der Waals surface area (Å²) < 4.78 is 5.77. The van der Waals surface area contributed by atoms with Crippen molar-refractivity contribution in [2.45, 2.75) is 32.2 Å². The van der Waals surface area contributed by atoms with E-state index in [1.807, 2.05) is 29.2 Å². The third-order valence-corrected chi connectivity index (χ3v) is 4.03. The summed E-state index contributed by atoms with van der Waals surface area (Å²) in [6, 6.07) is 11.3. The Balaban J connectivity index is 1.77. The molecule has 0 N–H and O–H groups in total. The van der Waals surface area contributed by atoms with Crippen molar-refractivity contribution >= 4 is 5.91 Å². The number of likely N-dealkylation sites (tertiary alicyclic amines) is 1. The molecular formula is C18H20N2O2. The van der Waals surface area contributed by atoms with Gasteiger partial charge in [-0.05, 0) is 56.5 Å². The fourth-order valence-electron chi connectivity index (χ4n) is 2.80. The SMILES string of the molecule is C[C@@H]1CCCCN1C(=O)c1cccc(Oc2ccncc2)c1. The molecule has 0 spiro atoms. The predicted molar refractivity (Wildman–Crippen MR) is 85.1 cm³/mol. The van der Waals surface area contributed by atoms with Crippen molar-refractivity contribution in [3.63, 3.8) is 0 Å². The van der Waals surface area contributed by atoms with Crippen LogP contribution >= 0.6 is 0 Å². The second-order valence-corrected chi connectivity index (χ2v) is 5.66. The van der Waals surface area contributed by atoms with Crippen LogP contribution in [0.1, 0.15) is 36.5 Å². The summed E-state index contributed by atoms with van der Waals surface area (Å²) in [5, 5.41) is 0. The fourth-order valence-corrected chi connectivity index (χ4v) is 2.80. The third kappa shape index (κ3) is 3.27. The first kappa shape index (κ1) is 14.6. The monoisotopic (exact) mass is 296 g/mol. The van der Waals surface area contributed by atoms with E-state index in [0.717, 1.165) is 19.4 Å². The minimum absolute atomic E-state index is 0.0902. The van der Waals surface area contributed by atoms with E-state index in [2.05, 4.69) is 11.9 Å². The molecule has 2 aromatic rings. The number of aromatic nitrogens is 1. The van der Waals surface area contributed by atoms with Crippen LogP contribution in [-0.4, -0.2) is 28.4 Å². The van der Waals surface area contributed by atoms with Crippen LogP contribution in [0.3, 0.4) is 0 Å². The standard InChI is InChI=1S/C18H20N2O2/c1-14-5-2-3-12-20(14)18(21)15-6-4-7-17(13-15)22-16-8-10-19-11-9-16/h4,6-11,13-14H,2-3,5,12H2,1H3/t14-/m1/s1. The first-order valence-electron chi connectivity index (χ1n) is 7.73. The van der Waals surface area contributed by atoms with Gasteiger partial charge in [0.15, 0.2) is 0 Å². The molecule has 3 rings (SSSR count). The highest BCUT2D eigenvalue weighted by atomic mass is 16.5. The number of carbonyl (C=O) groups excluding carboxylic acids is 1. The highest BCUT2D eigenvalue weighted by Gasteiger charge is 2.24. The number of pyridine rings is 1. The average molecular weight is 296 g/mol. The number of hydrogen-bond acceptors (Lipinski definition) is 3. The van der Waals surface area contributed by atoms with E-state index >= 15 is 0 Å². The smallest absolute Gasteiger partial charge is 0.254 e. The molecule has 1 amide bonds. The third-order valence-electron chi connectivity index (χ3n) is 4.03. The number of piperidine rings is 1. The maximum Gasteiger partial charge on any atom is 0.254 e. The van der Waals surface area contributed by atoms with Gasteiger partial charge in [0.2, 0.25) is 0 Å². The molecular weight excluding hydrogens is 276 g/mol. The zero-order valence-corrected chi connectivity index (χ0v) is 12.7. The summed E-state index contributed by atoms with van der Waals surface area (Å²) in [5.74, 6) is 1.47. The molecule has 1 aromatic heterocycles. The lowest BCUT2D eigenvalue weighted by molar-refractivity contribution is 0.0635. The van der Waals surface area contributed by atoms with Gasteiger partial charge in [0.25, 0.3) is 5.91 Å².